The quantitative estimate of drug-likeness (QED) is 0.705. The predicted molar refractivity (Wildman–Crippen MR) is 96.9 cm³/mol. The highest BCUT2D eigenvalue weighted by Crippen LogP contribution is 2.38. The van der Waals surface area contributed by atoms with Crippen LogP contribution in [0.5, 0.6) is 0 Å². The Bertz CT molecular complexity index is 641. The molecule has 0 radical (unpaired) electrons. The Morgan fingerprint density at radius 3 is 2.54 bits per heavy atom. The predicted octanol–water partition coefficient (Wildman–Crippen LogP) is 0.789. The number of halogens is 2. The normalized spacial score (nSPS) is 16.5. The number of nitrogens with one attached hydrogen (secondary N) is 1. The zero-order chi connectivity index (χ0) is 16.4. The molecule has 2 rings (SSSR count). The van der Waals surface area contributed by atoms with Gasteiger partial charge in [0.25, 0.3) is 0 Å². The minimum absolute atomic E-state index is 0. The third kappa shape index (κ3) is 5.29. The Morgan fingerprint density at radius 1 is 1.46 bits per heavy atom. The number of carbonyl (C=O) groups is 1. The van der Waals surface area contributed by atoms with Crippen LogP contribution in [0.2, 0.25) is 0 Å². The van der Waals surface area contributed by atoms with Crippen molar-refractivity contribution in [2.45, 2.75) is 30.2 Å². The van der Waals surface area contributed by atoms with Gasteiger partial charge in [0.2, 0.25) is 15.9 Å². The smallest absolute Gasteiger partial charge is 0.244 e. The van der Waals surface area contributed by atoms with Gasteiger partial charge in [0.1, 0.15) is 4.90 Å². The monoisotopic (exact) mass is 398 g/mol. The minimum atomic E-state index is -3.72. The minimum Gasteiger partial charge on any atom is -0.348 e. The van der Waals surface area contributed by atoms with Crippen LogP contribution >= 0.6 is 24.8 Å². The van der Waals surface area contributed by atoms with Gasteiger partial charge in [0, 0.05) is 26.0 Å². The number of sulfonamides is 1. The molecule has 1 unspecified atom stereocenters. The molecule has 1 aromatic heterocycles. The molecule has 24 heavy (non-hydrogen) atoms. The number of likely N-dealkylation sites (N-methyl/N-ethyl adjacent to an activating group) is 1. The summed E-state index contributed by atoms with van der Waals surface area (Å²) in [5.41, 5.74) is 5.29. The second-order valence-electron chi connectivity index (χ2n) is 5.89. The van der Waals surface area contributed by atoms with E-state index in [-0.39, 0.29) is 42.2 Å². The number of amides is 1. The van der Waals surface area contributed by atoms with Crippen LogP contribution in [0, 0.1) is 5.92 Å². The first-order valence-corrected chi connectivity index (χ1v) is 8.61. The van der Waals surface area contributed by atoms with Gasteiger partial charge < -0.3 is 11.1 Å². The molecular weight excluding hydrogens is 375 g/mol. The van der Waals surface area contributed by atoms with E-state index in [1.165, 1.54) is 25.5 Å². The van der Waals surface area contributed by atoms with E-state index in [1.807, 2.05) is 6.92 Å². The SMILES string of the molecule is CN(CC(=O)NC(C)(CN)C1CC1)S(=O)(=O)c1cccnc1.Cl.Cl. The van der Waals surface area contributed by atoms with Crippen LogP contribution in [-0.2, 0) is 14.8 Å². The van der Waals surface area contributed by atoms with E-state index < -0.39 is 15.6 Å². The second-order valence-corrected chi connectivity index (χ2v) is 7.94. The second kappa shape index (κ2) is 8.96. The number of hydrogen-bond donors (Lipinski definition) is 2. The van der Waals surface area contributed by atoms with Crippen molar-refractivity contribution >= 4 is 40.7 Å². The van der Waals surface area contributed by atoms with Crippen LogP contribution in [-0.4, -0.2) is 49.3 Å². The van der Waals surface area contributed by atoms with Gasteiger partial charge in [0.15, 0.2) is 0 Å². The van der Waals surface area contributed by atoms with Gasteiger partial charge in [0.05, 0.1) is 12.1 Å². The molecule has 0 aromatic carbocycles. The topological polar surface area (TPSA) is 105 Å². The molecule has 1 heterocycles. The summed E-state index contributed by atoms with van der Waals surface area (Å²) < 4.78 is 25.7. The molecule has 1 saturated carbocycles. The number of nitrogens with zero attached hydrogens (tertiary/aromatic N) is 2. The van der Waals surface area contributed by atoms with E-state index in [9.17, 15) is 13.2 Å². The molecule has 0 spiro atoms. The number of aromatic nitrogens is 1. The zero-order valence-corrected chi connectivity index (χ0v) is 16.1. The van der Waals surface area contributed by atoms with Crippen molar-refractivity contribution in [3.63, 3.8) is 0 Å². The fraction of sp³-hybridized carbons (Fsp3) is 0.571. The van der Waals surface area contributed by atoms with E-state index in [0.29, 0.717) is 12.5 Å². The lowest BCUT2D eigenvalue weighted by molar-refractivity contribution is -0.123. The maximum atomic E-state index is 12.3. The summed E-state index contributed by atoms with van der Waals surface area (Å²) in [6, 6.07) is 2.99. The zero-order valence-electron chi connectivity index (χ0n) is 13.6. The molecule has 1 amide bonds. The molecule has 1 aliphatic carbocycles. The Kier molecular flexibility index (Phi) is 8.61. The van der Waals surface area contributed by atoms with E-state index in [0.717, 1.165) is 17.1 Å². The van der Waals surface area contributed by atoms with Crippen molar-refractivity contribution in [1.82, 2.24) is 14.6 Å². The lowest BCUT2D eigenvalue weighted by Crippen LogP contribution is -2.55. The molecule has 138 valence electrons. The number of nitrogens with two attached hydrogens (primary N) is 1. The molecular formula is C14H24Cl2N4O3S. The standard InChI is InChI=1S/C14H22N4O3S.2ClH/c1-14(10-15,11-5-6-11)17-13(19)9-18(2)22(20,21)12-4-3-7-16-8-12;;/h3-4,7-8,11H,5-6,9-10,15H2,1-2H3,(H,17,19);2*1H. The maximum Gasteiger partial charge on any atom is 0.244 e. The molecule has 0 saturated heterocycles. The Balaban J connectivity index is 0.00000264. The van der Waals surface area contributed by atoms with Crippen molar-refractivity contribution in [3.05, 3.63) is 24.5 Å². The van der Waals surface area contributed by atoms with Crippen molar-refractivity contribution in [3.8, 4) is 0 Å². The van der Waals surface area contributed by atoms with Crippen LogP contribution < -0.4 is 11.1 Å². The summed E-state index contributed by atoms with van der Waals surface area (Å²) in [6.45, 7) is 1.99. The van der Waals surface area contributed by atoms with E-state index >= 15 is 0 Å². The van der Waals surface area contributed by atoms with E-state index in [1.54, 1.807) is 6.07 Å². The Hall–Kier alpha value is -0.930. The summed E-state index contributed by atoms with van der Waals surface area (Å²) >= 11 is 0. The lowest BCUT2D eigenvalue weighted by Gasteiger charge is -2.30. The fourth-order valence-electron chi connectivity index (χ4n) is 2.37. The Morgan fingerprint density at radius 2 is 2.08 bits per heavy atom. The number of pyridine rings is 1. The maximum absolute atomic E-state index is 12.3. The summed E-state index contributed by atoms with van der Waals surface area (Å²) in [7, 11) is -2.35. The van der Waals surface area contributed by atoms with Gasteiger partial charge >= 0.3 is 0 Å². The first-order chi connectivity index (χ1) is 10.3. The number of hydrogen-bond acceptors (Lipinski definition) is 5. The fourth-order valence-corrected chi connectivity index (χ4v) is 3.46. The first-order valence-electron chi connectivity index (χ1n) is 7.17. The van der Waals surface area contributed by atoms with Crippen molar-refractivity contribution < 1.29 is 13.2 Å². The van der Waals surface area contributed by atoms with Gasteiger partial charge in [-0.15, -0.1) is 24.8 Å². The van der Waals surface area contributed by atoms with Crippen LogP contribution in [0.25, 0.3) is 0 Å². The first kappa shape index (κ1) is 23.1. The molecule has 0 aliphatic heterocycles. The number of rotatable bonds is 7. The average Bonchev–Trinajstić information content (AvgIpc) is 3.32. The van der Waals surface area contributed by atoms with Crippen molar-refractivity contribution in [2.75, 3.05) is 20.1 Å². The van der Waals surface area contributed by atoms with Crippen molar-refractivity contribution in [2.24, 2.45) is 11.7 Å². The van der Waals surface area contributed by atoms with Gasteiger partial charge in [-0.3, -0.25) is 9.78 Å². The summed E-state index contributed by atoms with van der Waals surface area (Å²) in [6.07, 6.45) is 4.83. The molecule has 1 aromatic rings. The summed E-state index contributed by atoms with van der Waals surface area (Å²) in [4.78, 5) is 16.0. The molecule has 3 N–H and O–H groups in total. The molecule has 7 nitrogen and oxygen atoms in total. The highest BCUT2D eigenvalue weighted by Gasteiger charge is 2.41. The molecule has 10 heteroatoms. The van der Waals surface area contributed by atoms with Gasteiger partial charge in [-0.25, -0.2) is 8.42 Å². The number of carbonyl (C=O) groups excluding carboxylic acids is 1. The van der Waals surface area contributed by atoms with Crippen LogP contribution in [0.4, 0.5) is 0 Å². The highest BCUT2D eigenvalue weighted by molar-refractivity contribution is 7.89. The summed E-state index contributed by atoms with van der Waals surface area (Å²) in [5.74, 6) is 0.0245. The lowest BCUT2D eigenvalue weighted by atomic mass is 9.96. The van der Waals surface area contributed by atoms with Gasteiger partial charge in [-0.2, -0.15) is 4.31 Å². The summed E-state index contributed by atoms with van der Waals surface area (Å²) in [5, 5.41) is 2.87. The highest BCUT2D eigenvalue weighted by atomic mass is 35.5. The van der Waals surface area contributed by atoms with E-state index in [4.69, 9.17) is 5.73 Å². The van der Waals surface area contributed by atoms with Crippen LogP contribution in [0.15, 0.2) is 29.4 Å². The average molecular weight is 399 g/mol. The Labute approximate surface area is 155 Å². The molecule has 1 atom stereocenters. The van der Waals surface area contributed by atoms with Crippen molar-refractivity contribution in [1.29, 1.82) is 0 Å². The molecule has 1 aliphatic rings. The van der Waals surface area contributed by atoms with E-state index in [2.05, 4.69) is 10.3 Å². The van der Waals surface area contributed by atoms with Crippen LogP contribution in [0.3, 0.4) is 0 Å². The van der Waals surface area contributed by atoms with Crippen LogP contribution in [0.1, 0.15) is 19.8 Å². The largest absolute Gasteiger partial charge is 0.348 e. The molecule has 0 bridgehead atoms. The van der Waals surface area contributed by atoms with Gasteiger partial charge in [-0.1, -0.05) is 0 Å². The molecule has 1 fully saturated rings. The third-order valence-corrected chi connectivity index (χ3v) is 5.82. The van der Waals surface area contributed by atoms with Gasteiger partial charge in [-0.05, 0) is 37.8 Å². The third-order valence-electron chi connectivity index (χ3n) is 4.04.